The Morgan fingerprint density at radius 2 is 1.29 bits per heavy atom. The van der Waals surface area contributed by atoms with E-state index in [1.807, 2.05) is 0 Å². The number of rotatable bonds is 6. The summed E-state index contributed by atoms with van der Waals surface area (Å²) >= 11 is 0. The Labute approximate surface area is 255 Å². The quantitative estimate of drug-likeness (QED) is 0.199. The molecule has 1 aliphatic heterocycles. The molecule has 0 radical (unpaired) electrons. The molecule has 1 aromatic heterocycles. The van der Waals surface area contributed by atoms with E-state index in [0.29, 0.717) is 4.90 Å². The molecule has 16 heteroatoms. The van der Waals surface area contributed by atoms with E-state index in [1.54, 1.807) is 12.1 Å². The predicted molar refractivity (Wildman–Crippen MR) is 157 cm³/mol. The lowest BCUT2D eigenvalue weighted by Crippen LogP contribution is -2.42. The van der Waals surface area contributed by atoms with E-state index in [1.165, 1.54) is 32.1 Å². The third kappa shape index (κ3) is 5.94. The van der Waals surface area contributed by atoms with Crippen molar-refractivity contribution in [2.45, 2.75) is 23.6 Å². The molecule has 1 aliphatic rings. The molecule has 0 spiro atoms. The first-order valence-electron chi connectivity index (χ1n) is 12.5. The van der Waals surface area contributed by atoms with Gasteiger partial charge in [0.05, 0.1) is 21.2 Å². The van der Waals surface area contributed by atoms with Crippen LogP contribution in [0.15, 0.2) is 92.0 Å². The van der Waals surface area contributed by atoms with Crippen molar-refractivity contribution >= 4 is 43.8 Å². The summed E-state index contributed by atoms with van der Waals surface area (Å²) in [5.41, 5.74) is -1.89. The van der Waals surface area contributed by atoms with Crippen molar-refractivity contribution in [2.75, 3.05) is 4.90 Å². The van der Waals surface area contributed by atoms with Gasteiger partial charge < -0.3 is 5.11 Å². The fourth-order valence-corrected chi connectivity index (χ4v) is 5.44. The molecule has 4 rings (SSSR count). The second-order valence-electron chi connectivity index (χ2n) is 9.42. The highest BCUT2D eigenvalue weighted by atomic mass is 32.2. The van der Waals surface area contributed by atoms with Crippen LogP contribution in [-0.2, 0) is 29.8 Å². The average Bonchev–Trinajstić information content (AvgIpc) is 2.96. The lowest BCUT2D eigenvalue weighted by molar-refractivity contribution is -0.122. The zero-order valence-electron chi connectivity index (χ0n) is 23.2. The first kappa shape index (κ1) is 32.3. The smallest absolute Gasteiger partial charge is 0.294 e. The van der Waals surface area contributed by atoms with Gasteiger partial charge >= 0.3 is 0 Å². The largest absolute Gasteiger partial charge is 0.494 e. The molecular formula is C29H20N4O10S2. The number of carbonyl (C=O) groups excluding carboxylic acids is 2. The lowest BCUT2D eigenvalue weighted by Gasteiger charge is -2.27. The monoisotopic (exact) mass is 648 g/mol. The minimum atomic E-state index is -4.56. The molecule has 14 nitrogen and oxygen atoms in total. The van der Waals surface area contributed by atoms with Gasteiger partial charge in [0.25, 0.3) is 37.6 Å². The van der Waals surface area contributed by atoms with Gasteiger partial charge in [-0.25, -0.2) is 9.47 Å². The molecule has 3 N–H and O–H groups in total. The van der Waals surface area contributed by atoms with E-state index in [0.717, 1.165) is 53.1 Å². The molecule has 0 aliphatic carbocycles. The van der Waals surface area contributed by atoms with Crippen molar-refractivity contribution in [3.8, 4) is 23.7 Å². The van der Waals surface area contributed by atoms with Gasteiger partial charge in [-0.3, -0.25) is 23.5 Å². The number of hydrogen-bond donors (Lipinski definition) is 3. The first-order chi connectivity index (χ1) is 21.0. The third-order valence-corrected chi connectivity index (χ3v) is 8.55. The van der Waals surface area contributed by atoms with Gasteiger partial charge in [0, 0.05) is 11.1 Å². The SMILES string of the molecule is CC1=C(C#N)C(=O)N(c2ccc(S(=O)(=O)O)cc2)C(=O)C1=CC=Cc1c(C)c(C#N)c(=O)n(-c2ccc(S(=O)(=O)O)cc2)c1O. The molecule has 2 aromatic carbocycles. The van der Waals surface area contributed by atoms with Crippen LogP contribution in [0.5, 0.6) is 5.88 Å². The Balaban J connectivity index is 1.83. The molecule has 0 saturated heterocycles. The number of aromatic hydroxyl groups is 1. The maximum absolute atomic E-state index is 13.4. The van der Waals surface area contributed by atoms with E-state index in [4.69, 9.17) is 0 Å². The molecule has 228 valence electrons. The van der Waals surface area contributed by atoms with Crippen LogP contribution in [0.2, 0.25) is 0 Å². The van der Waals surface area contributed by atoms with Crippen molar-refractivity contribution in [3.63, 3.8) is 0 Å². The molecule has 0 fully saturated rings. The summed E-state index contributed by atoms with van der Waals surface area (Å²) in [6.45, 7) is 2.75. The van der Waals surface area contributed by atoms with Gasteiger partial charge in [-0.05, 0) is 85.7 Å². The third-order valence-electron chi connectivity index (χ3n) is 6.81. The number of allylic oxidation sites excluding steroid dienone is 2. The summed E-state index contributed by atoms with van der Waals surface area (Å²) < 4.78 is 64.8. The van der Waals surface area contributed by atoms with Crippen molar-refractivity contribution in [3.05, 3.63) is 104 Å². The van der Waals surface area contributed by atoms with Gasteiger partial charge in [0.15, 0.2) is 0 Å². The predicted octanol–water partition coefficient (Wildman–Crippen LogP) is 2.57. The number of pyridine rings is 1. The molecule has 45 heavy (non-hydrogen) atoms. The van der Waals surface area contributed by atoms with Gasteiger partial charge in [0.1, 0.15) is 23.3 Å². The zero-order chi connectivity index (χ0) is 33.4. The summed E-state index contributed by atoms with van der Waals surface area (Å²) in [6, 6.07) is 11.9. The van der Waals surface area contributed by atoms with E-state index in [9.17, 15) is 56.0 Å². The van der Waals surface area contributed by atoms with Crippen LogP contribution < -0.4 is 10.5 Å². The maximum Gasteiger partial charge on any atom is 0.294 e. The lowest BCUT2D eigenvalue weighted by atomic mass is 9.94. The Kier molecular flexibility index (Phi) is 8.46. The van der Waals surface area contributed by atoms with E-state index < -0.39 is 53.3 Å². The van der Waals surface area contributed by atoms with Crippen LogP contribution in [-0.4, -0.2) is 47.4 Å². The second kappa shape index (κ2) is 11.8. The van der Waals surface area contributed by atoms with Crippen LogP contribution in [0.4, 0.5) is 5.69 Å². The zero-order valence-corrected chi connectivity index (χ0v) is 24.8. The summed E-state index contributed by atoms with van der Waals surface area (Å²) in [6.07, 6.45) is 3.75. The topological polar surface area (TPSA) is 236 Å². The number of carbonyl (C=O) groups is 2. The van der Waals surface area contributed by atoms with Crippen LogP contribution in [0.25, 0.3) is 11.8 Å². The number of anilines is 1. The van der Waals surface area contributed by atoms with Crippen LogP contribution in [0, 0.1) is 29.6 Å². The Hall–Kier alpha value is -5.65. The molecule has 0 unspecified atom stereocenters. The van der Waals surface area contributed by atoms with Gasteiger partial charge in [-0.1, -0.05) is 6.08 Å². The minimum Gasteiger partial charge on any atom is -0.494 e. The molecule has 3 aromatic rings. The Morgan fingerprint density at radius 1 is 0.778 bits per heavy atom. The number of imide groups is 1. The first-order valence-corrected chi connectivity index (χ1v) is 15.3. The number of nitrogens with zero attached hydrogens (tertiary/aromatic N) is 4. The number of hydrogen-bond acceptors (Lipinski definition) is 10. The molecule has 0 atom stereocenters. The minimum absolute atomic E-state index is 0.0190. The second-order valence-corrected chi connectivity index (χ2v) is 12.3. The summed E-state index contributed by atoms with van der Waals surface area (Å²) in [5, 5.41) is 30.4. The van der Waals surface area contributed by atoms with E-state index >= 15 is 0 Å². The van der Waals surface area contributed by atoms with Crippen molar-refractivity contribution in [2.24, 2.45) is 0 Å². The number of aromatic nitrogens is 1. The standard InChI is InChI=1S/C29H20N4O10S2/c1-16-22(26(34)32(28(36)24(16)14-30)18-6-10-20(11-7-18)44(38,39)40)4-3-5-23-17(2)25(15-31)29(37)33(27(23)35)19-8-12-21(13-9-19)45(41,42)43/h3-13,34H,1-2H3,(H,38,39,40)(H,41,42,43). The van der Waals surface area contributed by atoms with Crippen LogP contribution in [0.3, 0.4) is 0 Å². The number of benzene rings is 2. The fourth-order valence-electron chi connectivity index (χ4n) is 4.48. The number of nitriles is 2. The van der Waals surface area contributed by atoms with Gasteiger partial charge in [-0.15, -0.1) is 0 Å². The van der Waals surface area contributed by atoms with Crippen molar-refractivity contribution in [1.29, 1.82) is 10.5 Å². The van der Waals surface area contributed by atoms with Crippen molar-refractivity contribution in [1.82, 2.24) is 4.57 Å². The molecule has 0 bridgehead atoms. The van der Waals surface area contributed by atoms with Crippen molar-refractivity contribution < 1.29 is 40.6 Å². The van der Waals surface area contributed by atoms with Crippen LogP contribution >= 0.6 is 0 Å². The highest BCUT2D eigenvalue weighted by Crippen LogP contribution is 2.31. The average molecular weight is 649 g/mol. The summed E-state index contributed by atoms with van der Waals surface area (Å²) in [5.74, 6) is -2.51. The highest BCUT2D eigenvalue weighted by Gasteiger charge is 2.36. The maximum atomic E-state index is 13.4. The van der Waals surface area contributed by atoms with Gasteiger partial charge in [-0.2, -0.15) is 27.4 Å². The van der Waals surface area contributed by atoms with E-state index in [2.05, 4.69) is 0 Å². The fraction of sp³-hybridized carbons (Fsp3) is 0.0690. The number of amides is 2. The summed E-state index contributed by atoms with van der Waals surface area (Å²) in [7, 11) is -9.11. The Morgan fingerprint density at radius 3 is 1.76 bits per heavy atom. The molecular weight excluding hydrogens is 628 g/mol. The van der Waals surface area contributed by atoms with E-state index in [-0.39, 0.29) is 44.8 Å². The van der Waals surface area contributed by atoms with Crippen LogP contribution in [0.1, 0.15) is 23.6 Å². The summed E-state index contributed by atoms with van der Waals surface area (Å²) in [4.78, 5) is 39.2. The highest BCUT2D eigenvalue weighted by molar-refractivity contribution is 7.86. The molecule has 2 heterocycles. The molecule has 2 amide bonds. The molecule has 0 saturated carbocycles. The Bertz CT molecular complexity index is 2250. The van der Waals surface area contributed by atoms with Gasteiger partial charge in [0.2, 0.25) is 5.88 Å². The normalized spacial score (nSPS) is 15.1.